The second-order valence-corrected chi connectivity index (χ2v) is 5.28. The molecule has 0 unspecified atom stereocenters. The van der Waals surface area contributed by atoms with Gasteiger partial charge >= 0.3 is 0 Å². The first-order valence-corrected chi connectivity index (χ1v) is 6.86. The summed E-state index contributed by atoms with van der Waals surface area (Å²) < 4.78 is 5.19. The second kappa shape index (κ2) is 6.03. The van der Waals surface area contributed by atoms with Gasteiger partial charge in [0.15, 0.2) is 0 Å². The maximum atomic E-state index is 5.96. The molecule has 0 aliphatic rings. The Morgan fingerprint density at radius 2 is 2.06 bits per heavy atom. The van der Waals surface area contributed by atoms with Crippen LogP contribution in [0.15, 0.2) is 47.4 Å². The Kier molecular flexibility index (Phi) is 4.39. The van der Waals surface area contributed by atoms with Crippen LogP contribution in [0.5, 0.6) is 5.75 Å². The Morgan fingerprint density at radius 3 is 2.83 bits per heavy atom. The lowest BCUT2D eigenvalue weighted by molar-refractivity contribution is 0.414. The summed E-state index contributed by atoms with van der Waals surface area (Å²) in [6, 6.07) is 13.5. The van der Waals surface area contributed by atoms with Gasteiger partial charge in [-0.25, -0.2) is 0 Å². The molecule has 0 radical (unpaired) electrons. The highest BCUT2D eigenvalue weighted by Gasteiger charge is 2.03. The van der Waals surface area contributed by atoms with Crippen molar-refractivity contribution in [3.05, 3.63) is 53.1 Å². The van der Waals surface area contributed by atoms with Gasteiger partial charge in [0, 0.05) is 21.4 Å². The van der Waals surface area contributed by atoms with Crippen molar-refractivity contribution < 1.29 is 4.74 Å². The van der Waals surface area contributed by atoms with Crippen LogP contribution in [0.3, 0.4) is 0 Å². The number of benzene rings is 2. The van der Waals surface area contributed by atoms with Gasteiger partial charge in [-0.3, -0.25) is 0 Å². The van der Waals surface area contributed by atoms with Crippen LogP contribution in [0, 0.1) is 0 Å². The molecule has 0 aliphatic carbocycles. The van der Waals surface area contributed by atoms with E-state index in [0.717, 1.165) is 22.1 Å². The van der Waals surface area contributed by atoms with E-state index in [9.17, 15) is 0 Å². The zero-order valence-electron chi connectivity index (χ0n) is 10.0. The van der Waals surface area contributed by atoms with Gasteiger partial charge in [-0.05, 0) is 35.9 Å². The van der Waals surface area contributed by atoms with Gasteiger partial charge in [-0.1, -0.05) is 23.7 Å². The Morgan fingerprint density at radius 1 is 1.22 bits per heavy atom. The van der Waals surface area contributed by atoms with Crippen molar-refractivity contribution in [1.29, 1.82) is 0 Å². The molecule has 2 nitrogen and oxygen atoms in total. The Bertz CT molecular complexity index is 545. The normalized spacial score (nSPS) is 10.3. The number of anilines is 1. The zero-order valence-corrected chi connectivity index (χ0v) is 11.6. The zero-order chi connectivity index (χ0) is 13.0. The molecule has 2 aromatic rings. The van der Waals surface area contributed by atoms with E-state index in [4.69, 9.17) is 22.1 Å². The van der Waals surface area contributed by atoms with E-state index in [2.05, 4.69) is 6.07 Å². The minimum absolute atomic E-state index is 0.706. The van der Waals surface area contributed by atoms with Crippen molar-refractivity contribution in [2.75, 3.05) is 12.8 Å². The monoisotopic (exact) mass is 279 g/mol. The Labute approximate surface area is 116 Å². The van der Waals surface area contributed by atoms with Gasteiger partial charge < -0.3 is 10.5 Å². The molecule has 0 saturated heterocycles. The SMILES string of the molecule is COc1cccc(CSc2cc(Cl)ccc2N)c1. The molecular formula is C14H14ClNOS. The van der Waals surface area contributed by atoms with E-state index in [0.29, 0.717) is 5.02 Å². The highest BCUT2D eigenvalue weighted by Crippen LogP contribution is 2.31. The van der Waals surface area contributed by atoms with Crippen molar-refractivity contribution in [3.8, 4) is 5.75 Å². The molecule has 2 rings (SSSR count). The summed E-state index contributed by atoms with van der Waals surface area (Å²) in [7, 11) is 1.67. The van der Waals surface area contributed by atoms with Crippen molar-refractivity contribution in [2.24, 2.45) is 0 Å². The minimum atomic E-state index is 0.706. The van der Waals surface area contributed by atoms with Crippen molar-refractivity contribution in [3.63, 3.8) is 0 Å². The number of methoxy groups -OCH3 is 1. The van der Waals surface area contributed by atoms with Gasteiger partial charge in [-0.2, -0.15) is 0 Å². The van der Waals surface area contributed by atoms with E-state index in [-0.39, 0.29) is 0 Å². The lowest BCUT2D eigenvalue weighted by atomic mass is 10.2. The number of nitrogens with two attached hydrogens (primary N) is 1. The van der Waals surface area contributed by atoms with Gasteiger partial charge in [0.1, 0.15) is 5.75 Å². The smallest absolute Gasteiger partial charge is 0.119 e. The highest BCUT2D eigenvalue weighted by molar-refractivity contribution is 7.98. The Hall–Kier alpha value is -1.32. The topological polar surface area (TPSA) is 35.2 Å². The average Bonchev–Trinajstić information content (AvgIpc) is 2.40. The third kappa shape index (κ3) is 3.34. The van der Waals surface area contributed by atoms with Gasteiger partial charge in [0.2, 0.25) is 0 Å². The molecule has 0 fully saturated rings. The summed E-state index contributed by atoms with van der Waals surface area (Å²) in [6.07, 6.45) is 0. The summed E-state index contributed by atoms with van der Waals surface area (Å²) in [5.41, 5.74) is 7.86. The van der Waals surface area contributed by atoms with Crippen molar-refractivity contribution >= 4 is 29.1 Å². The molecule has 0 aliphatic heterocycles. The van der Waals surface area contributed by atoms with Crippen LogP contribution in [0.25, 0.3) is 0 Å². The molecule has 0 bridgehead atoms. The fraction of sp³-hybridized carbons (Fsp3) is 0.143. The second-order valence-electron chi connectivity index (χ2n) is 3.82. The molecule has 94 valence electrons. The predicted octanol–water partition coefficient (Wildman–Crippen LogP) is 4.22. The third-order valence-electron chi connectivity index (χ3n) is 2.50. The summed E-state index contributed by atoms with van der Waals surface area (Å²) in [6.45, 7) is 0. The van der Waals surface area contributed by atoms with E-state index < -0.39 is 0 Å². The lowest BCUT2D eigenvalue weighted by Gasteiger charge is -2.07. The number of halogens is 1. The molecule has 0 amide bonds. The van der Waals surface area contributed by atoms with Crippen LogP contribution >= 0.6 is 23.4 Å². The highest BCUT2D eigenvalue weighted by atomic mass is 35.5. The van der Waals surface area contributed by atoms with E-state index >= 15 is 0 Å². The Balaban J connectivity index is 2.08. The molecule has 4 heteroatoms. The number of rotatable bonds is 4. The van der Waals surface area contributed by atoms with Crippen LogP contribution < -0.4 is 10.5 Å². The fourth-order valence-corrected chi connectivity index (χ4v) is 2.74. The molecule has 0 atom stereocenters. The summed E-state index contributed by atoms with van der Waals surface area (Å²) >= 11 is 7.63. The summed E-state index contributed by atoms with van der Waals surface area (Å²) in [5, 5.41) is 0.706. The molecular weight excluding hydrogens is 266 g/mol. The van der Waals surface area contributed by atoms with Crippen LogP contribution in [0.2, 0.25) is 5.02 Å². The number of thioether (sulfide) groups is 1. The van der Waals surface area contributed by atoms with Gasteiger partial charge in [-0.15, -0.1) is 11.8 Å². The van der Waals surface area contributed by atoms with Crippen LogP contribution in [-0.4, -0.2) is 7.11 Å². The first kappa shape index (κ1) is 13.1. The van der Waals surface area contributed by atoms with Crippen LogP contribution in [-0.2, 0) is 5.75 Å². The largest absolute Gasteiger partial charge is 0.497 e. The molecule has 0 heterocycles. The summed E-state index contributed by atoms with van der Waals surface area (Å²) in [4.78, 5) is 1.00. The molecule has 2 N–H and O–H groups in total. The van der Waals surface area contributed by atoms with E-state index in [1.54, 1.807) is 24.9 Å². The number of hydrogen-bond donors (Lipinski definition) is 1. The van der Waals surface area contributed by atoms with Crippen molar-refractivity contribution in [2.45, 2.75) is 10.6 Å². The molecule has 0 aromatic heterocycles. The lowest BCUT2D eigenvalue weighted by Crippen LogP contribution is -1.89. The predicted molar refractivity (Wildman–Crippen MR) is 78.4 cm³/mol. The van der Waals surface area contributed by atoms with Crippen LogP contribution in [0.1, 0.15) is 5.56 Å². The van der Waals surface area contributed by atoms with E-state index in [1.807, 2.05) is 30.3 Å². The third-order valence-corrected chi connectivity index (χ3v) is 3.88. The maximum Gasteiger partial charge on any atom is 0.119 e. The molecule has 2 aromatic carbocycles. The van der Waals surface area contributed by atoms with Gasteiger partial charge in [0.05, 0.1) is 7.11 Å². The first-order chi connectivity index (χ1) is 8.69. The van der Waals surface area contributed by atoms with E-state index in [1.165, 1.54) is 5.56 Å². The average molecular weight is 280 g/mol. The molecule has 18 heavy (non-hydrogen) atoms. The van der Waals surface area contributed by atoms with Crippen LogP contribution in [0.4, 0.5) is 5.69 Å². The summed E-state index contributed by atoms with van der Waals surface area (Å²) in [5.74, 6) is 1.70. The molecule has 0 saturated carbocycles. The van der Waals surface area contributed by atoms with Crippen molar-refractivity contribution in [1.82, 2.24) is 0 Å². The fourth-order valence-electron chi connectivity index (χ4n) is 1.56. The number of nitrogen functional groups attached to an aromatic ring is 1. The quantitative estimate of drug-likeness (QED) is 0.672. The number of hydrogen-bond acceptors (Lipinski definition) is 3. The number of ether oxygens (including phenoxy) is 1. The standard InChI is InChI=1S/C14H14ClNOS/c1-17-12-4-2-3-10(7-12)9-18-14-8-11(15)5-6-13(14)16/h2-8H,9,16H2,1H3. The first-order valence-electron chi connectivity index (χ1n) is 5.50. The minimum Gasteiger partial charge on any atom is -0.497 e. The molecule has 0 spiro atoms. The van der Waals surface area contributed by atoms with Gasteiger partial charge in [0.25, 0.3) is 0 Å². The maximum absolute atomic E-state index is 5.96.